The largest absolute Gasteiger partial charge is 0.467 e. The Morgan fingerprint density at radius 1 is 0.906 bits per heavy atom. The van der Waals surface area contributed by atoms with E-state index < -0.39 is 25.7 Å². The average Bonchev–Trinajstić information content (AvgIpc) is 2.77. The molecule has 0 aliphatic heterocycles. The molecule has 0 heterocycles. The van der Waals surface area contributed by atoms with E-state index in [-0.39, 0.29) is 10.9 Å². The van der Waals surface area contributed by atoms with Crippen molar-refractivity contribution >= 4 is 20.2 Å². The zero-order valence-corrected chi connectivity index (χ0v) is 21.4. The minimum Gasteiger partial charge on any atom is -0.467 e. The van der Waals surface area contributed by atoms with E-state index in [1.165, 1.54) is 7.11 Å². The van der Waals surface area contributed by atoms with Gasteiger partial charge in [-0.05, 0) is 36.2 Å². The molecule has 1 N–H and O–H groups in total. The molecular weight excluding hydrogens is 418 g/mol. The molecule has 0 radical (unpaired) electrons. The zero-order valence-electron chi connectivity index (χ0n) is 20.4. The molecule has 0 aromatic heterocycles. The second-order valence-corrected chi connectivity index (χ2v) is 14.6. The van der Waals surface area contributed by atoms with E-state index in [9.17, 15) is 9.59 Å². The van der Waals surface area contributed by atoms with Crippen LogP contribution in [-0.2, 0) is 24.2 Å². The summed E-state index contributed by atoms with van der Waals surface area (Å²) in [6.45, 7) is 13.1. The number of nitrogens with one attached hydrogen (secondary N) is 1. The number of carbonyl (C=O) groups is 2. The third kappa shape index (κ3) is 5.87. The van der Waals surface area contributed by atoms with Gasteiger partial charge in [-0.2, -0.15) is 0 Å². The van der Waals surface area contributed by atoms with Crippen molar-refractivity contribution < 1.29 is 18.8 Å². The van der Waals surface area contributed by atoms with E-state index >= 15 is 0 Å². The second kappa shape index (κ2) is 10.4. The molecule has 2 aromatic carbocycles. The van der Waals surface area contributed by atoms with E-state index in [0.717, 1.165) is 11.1 Å². The highest BCUT2D eigenvalue weighted by Crippen LogP contribution is 2.36. The first kappa shape index (κ1) is 25.8. The topological polar surface area (TPSA) is 64.6 Å². The summed E-state index contributed by atoms with van der Waals surface area (Å²) in [4.78, 5) is 26.2. The number of hydrogen-bond acceptors (Lipinski definition) is 4. The number of amides is 1. The number of ether oxygens (including phenoxy) is 1. The lowest BCUT2D eigenvalue weighted by Crippen LogP contribution is -2.51. The zero-order chi connectivity index (χ0) is 24.0. The van der Waals surface area contributed by atoms with Crippen molar-refractivity contribution in [3.63, 3.8) is 0 Å². The summed E-state index contributed by atoms with van der Waals surface area (Å²) in [6.07, 6.45) is 0.352. The van der Waals surface area contributed by atoms with Gasteiger partial charge in [-0.3, -0.25) is 4.79 Å². The maximum absolute atomic E-state index is 13.7. The molecule has 32 heavy (non-hydrogen) atoms. The van der Waals surface area contributed by atoms with Gasteiger partial charge in [0, 0.05) is 13.0 Å². The van der Waals surface area contributed by atoms with E-state index in [4.69, 9.17) is 9.16 Å². The van der Waals surface area contributed by atoms with Crippen molar-refractivity contribution in [3.8, 4) is 0 Å². The van der Waals surface area contributed by atoms with Gasteiger partial charge < -0.3 is 14.5 Å². The van der Waals surface area contributed by atoms with E-state index in [2.05, 4.69) is 39.2 Å². The summed E-state index contributed by atoms with van der Waals surface area (Å²) in [5.74, 6) is -0.724. The van der Waals surface area contributed by atoms with E-state index in [1.54, 1.807) is 0 Å². The lowest BCUT2D eigenvalue weighted by molar-refractivity contribution is -0.146. The molecule has 5 nitrogen and oxygen atoms in total. The minimum absolute atomic E-state index is 0.0657. The second-order valence-electron chi connectivity index (χ2n) is 9.80. The monoisotopic (exact) mass is 455 g/mol. The van der Waals surface area contributed by atoms with Gasteiger partial charge in [0.2, 0.25) is 5.91 Å². The Labute approximate surface area is 193 Å². The fourth-order valence-corrected chi connectivity index (χ4v) is 4.38. The summed E-state index contributed by atoms with van der Waals surface area (Å²) in [6, 6.07) is 18.4. The Balaban J connectivity index is 2.27. The number of esters is 1. The van der Waals surface area contributed by atoms with Crippen LogP contribution in [0.15, 0.2) is 60.7 Å². The van der Waals surface area contributed by atoms with Crippen LogP contribution in [-0.4, -0.2) is 40.0 Å². The quantitative estimate of drug-likeness (QED) is 0.424. The molecule has 0 aliphatic carbocycles. The number of benzene rings is 2. The standard InChI is InChI=1S/C26H37NO4Si/c1-25(2,3)32(6,7)31-19-18-22(23(28)30-5)27-24(29)26(4,20-14-10-8-11-15-20)21-16-12-9-13-17-21/h8-17,22H,18-19H2,1-7H3,(H,27,29)/t22-/m1/s1. The minimum atomic E-state index is -1.96. The number of methoxy groups -OCH3 is 1. The third-order valence-corrected chi connectivity index (χ3v) is 11.2. The Morgan fingerprint density at radius 3 is 1.78 bits per heavy atom. The smallest absolute Gasteiger partial charge is 0.328 e. The lowest BCUT2D eigenvalue weighted by Gasteiger charge is -2.36. The van der Waals surface area contributed by atoms with Crippen LogP contribution in [0.4, 0.5) is 0 Å². The van der Waals surface area contributed by atoms with Gasteiger partial charge in [0.15, 0.2) is 8.32 Å². The molecule has 0 saturated carbocycles. The highest BCUT2D eigenvalue weighted by molar-refractivity contribution is 6.74. The van der Waals surface area contributed by atoms with Crippen LogP contribution in [0.2, 0.25) is 18.1 Å². The Kier molecular flexibility index (Phi) is 8.43. The van der Waals surface area contributed by atoms with Crippen LogP contribution in [0.1, 0.15) is 45.2 Å². The van der Waals surface area contributed by atoms with Crippen LogP contribution in [0.5, 0.6) is 0 Å². The molecule has 0 saturated heterocycles. The molecule has 2 aromatic rings. The van der Waals surface area contributed by atoms with Crippen LogP contribution in [0.3, 0.4) is 0 Å². The SMILES string of the molecule is COC(=O)[C@@H](CCO[Si](C)(C)C(C)(C)C)NC(=O)C(C)(c1ccccc1)c1ccccc1. The van der Waals surface area contributed by atoms with E-state index in [1.807, 2.05) is 67.6 Å². The van der Waals surface area contributed by atoms with E-state index in [0.29, 0.717) is 13.0 Å². The molecule has 174 valence electrons. The predicted octanol–water partition coefficient (Wildman–Crippen LogP) is 5.06. The predicted molar refractivity (Wildman–Crippen MR) is 131 cm³/mol. The summed E-state index contributed by atoms with van der Waals surface area (Å²) >= 11 is 0. The van der Waals surface area contributed by atoms with Crippen LogP contribution >= 0.6 is 0 Å². The van der Waals surface area contributed by atoms with Gasteiger partial charge in [0.05, 0.1) is 12.5 Å². The van der Waals surface area contributed by atoms with Crippen molar-refractivity contribution in [1.29, 1.82) is 0 Å². The van der Waals surface area contributed by atoms with Crippen LogP contribution in [0, 0.1) is 0 Å². The third-order valence-electron chi connectivity index (χ3n) is 6.62. The number of hydrogen-bond donors (Lipinski definition) is 1. The first-order chi connectivity index (χ1) is 14.9. The highest BCUT2D eigenvalue weighted by atomic mass is 28.4. The number of carbonyl (C=O) groups excluding carboxylic acids is 2. The van der Waals surface area contributed by atoms with Gasteiger partial charge >= 0.3 is 5.97 Å². The van der Waals surface area contributed by atoms with Gasteiger partial charge in [0.25, 0.3) is 0 Å². The molecule has 0 aliphatic rings. The fourth-order valence-electron chi connectivity index (χ4n) is 3.31. The molecule has 1 amide bonds. The van der Waals surface area contributed by atoms with Crippen molar-refractivity contribution in [2.75, 3.05) is 13.7 Å². The van der Waals surface area contributed by atoms with Crippen molar-refractivity contribution in [2.24, 2.45) is 0 Å². The lowest BCUT2D eigenvalue weighted by atomic mass is 9.75. The summed E-state index contributed by atoms with van der Waals surface area (Å²) in [7, 11) is -0.626. The van der Waals surface area contributed by atoms with Gasteiger partial charge in [-0.25, -0.2) is 4.79 Å². The van der Waals surface area contributed by atoms with Gasteiger partial charge in [0.1, 0.15) is 6.04 Å². The normalized spacial score (nSPS) is 13.3. The summed E-state index contributed by atoms with van der Waals surface area (Å²) < 4.78 is 11.2. The molecule has 0 unspecified atom stereocenters. The van der Waals surface area contributed by atoms with Crippen LogP contribution in [0.25, 0.3) is 0 Å². The fraction of sp³-hybridized carbons (Fsp3) is 0.462. The molecule has 1 atom stereocenters. The summed E-state index contributed by atoms with van der Waals surface area (Å²) in [5.41, 5.74) is 0.740. The Morgan fingerprint density at radius 2 is 1.38 bits per heavy atom. The van der Waals surface area contributed by atoms with Gasteiger partial charge in [-0.1, -0.05) is 81.4 Å². The van der Waals surface area contributed by atoms with Crippen molar-refractivity contribution in [2.45, 2.75) is 63.7 Å². The highest BCUT2D eigenvalue weighted by Gasteiger charge is 2.40. The average molecular weight is 456 g/mol. The molecule has 0 bridgehead atoms. The Hall–Kier alpha value is -2.44. The number of rotatable bonds is 9. The maximum Gasteiger partial charge on any atom is 0.328 e. The van der Waals surface area contributed by atoms with Gasteiger partial charge in [-0.15, -0.1) is 0 Å². The molecule has 6 heteroatoms. The molecular formula is C26H37NO4Si. The molecule has 2 rings (SSSR count). The first-order valence-corrected chi connectivity index (χ1v) is 14.0. The van der Waals surface area contributed by atoms with Crippen molar-refractivity contribution in [1.82, 2.24) is 5.32 Å². The van der Waals surface area contributed by atoms with Crippen molar-refractivity contribution in [3.05, 3.63) is 71.8 Å². The maximum atomic E-state index is 13.7. The molecule has 0 fully saturated rings. The summed E-state index contributed by atoms with van der Waals surface area (Å²) in [5, 5.41) is 3.02. The molecule has 0 spiro atoms. The first-order valence-electron chi connectivity index (χ1n) is 11.1. The van der Waals surface area contributed by atoms with Crippen LogP contribution < -0.4 is 5.32 Å². The Bertz CT molecular complexity index is 852.